The lowest BCUT2D eigenvalue weighted by molar-refractivity contribution is -0.122. The minimum Gasteiger partial charge on any atom is -0.369 e. The first-order chi connectivity index (χ1) is 4.80. The molecule has 0 heterocycles. The number of carbonyl (C=O) groups excluding carboxylic acids is 1. The van der Waals surface area contributed by atoms with Gasteiger partial charge >= 0.3 is 0 Å². The lowest BCUT2D eigenvalue weighted by atomic mass is 10.00. The van der Waals surface area contributed by atoms with E-state index in [4.69, 9.17) is 5.73 Å². The number of rotatable bonds is 1. The summed E-state index contributed by atoms with van der Waals surface area (Å²) < 4.78 is 0. The maximum absolute atomic E-state index is 10.7. The first-order valence-electron chi connectivity index (χ1n) is 3.75. The first-order valence-corrected chi connectivity index (χ1v) is 3.75. The maximum atomic E-state index is 10.7. The molecule has 0 aromatic heterocycles. The van der Waals surface area contributed by atoms with Crippen molar-refractivity contribution >= 4 is 5.91 Å². The number of hydrogen-bond donors (Lipinski definition) is 1. The quantitative estimate of drug-likeness (QED) is 0.545. The largest absolute Gasteiger partial charge is 0.369 e. The highest BCUT2D eigenvalue weighted by molar-refractivity contribution is 5.76. The summed E-state index contributed by atoms with van der Waals surface area (Å²) in [5, 5.41) is 0. The summed E-state index contributed by atoms with van der Waals surface area (Å²) in [7, 11) is 0. The van der Waals surface area contributed by atoms with Crippen LogP contribution in [0.25, 0.3) is 0 Å². The number of hydrogen-bond acceptors (Lipinski definition) is 1. The molecule has 0 saturated carbocycles. The lowest BCUT2D eigenvalue weighted by Crippen LogP contribution is -2.22. The summed E-state index contributed by atoms with van der Waals surface area (Å²) in [6, 6.07) is 0. The molecule has 2 N–H and O–H groups in total. The second-order valence-electron chi connectivity index (χ2n) is 2.73. The van der Waals surface area contributed by atoms with Crippen LogP contribution >= 0.6 is 0 Å². The van der Waals surface area contributed by atoms with E-state index in [-0.39, 0.29) is 11.8 Å². The second-order valence-corrected chi connectivity index (χ2v) is 2.73. The Bertz CT molecular complexity index is 141. The molecular weight excluding hydrogens is 126 g/mol. The molecule has 0 radical (unpaired) electrons. The number of primary amides is 1. The van der Waals surface area contributed by atoms with Gasteiger partial charge in [0.05, 0.1) is 0 Å². The fraction of sp³-hybridized carbons (Fsp3) is 0.625. The van der Waals surface area contributed by atoms with Crippen LogP contribution in [0.4, 0.5) is 0 Å². The van der Waals surface area contributed by atoms with Crippen LogP contribution in [0.1, 0.15) is 25.7 Å². The first kappa shape index (κ1) is 7.32. The third-order valence-corrected chi connectivity index (χ3v) is 1.93. The van der Waals surface area contributed by atoms with Gasteiger partial charge in [0.25, 0.3) is 0 Å². The summed E-state index contributed by atoms with van der Waals surface area (Å²) in [6.45, 7) is 0. The molecule has 1 amide bonds. The van der Waals surface area contributed by atoms with Crippen molar-refractivity contribution in [1.29, 1.82) is 0 Å². The van der Waals surface area contributed by atoms with Gasteiger partial charge in [-0.3, -0.25) is 4.79 Å². The van der Waals surface area contributed by atoms with Gasteiger partial charge in [0.2, 0.25) is 5.91 Å². The molecule has 0 aromatic carbocycles. The van der Waals surface area contributed by atoms with Crippen molar-refractivity contribution in [2.75, 3.05) is 0 Å². The molecule has 0 atom stereocenters. The van der Waals surface area contributed by atoms with Gasteiger partial charge < -0.3 is 5.73 Å². The van der Waals surface area contributed by atoms with Crippen molar-refractivity contribution in [2.45, 2.75) is 25.7 Å². The zero-order valence-corrected chi connectivity index (χ0v) is 6.05. The molecule has 0 fully saturated rings. The van der Waals surface area contributed by atoms with Crippen molar-refractivity contribution in [3.05, 3.63) is 12.2 Å². The van der Waals surface area contributed by atoms with Crippen LogP contribution in [-0.2, 0) is 4.79 Å². The molecule has 0 aromatic rings. The normalized spacial score (nSPS) is 20.4. The van der Waals surface area contributed by atoms with E-state index in [0.717, 1.165) is 25.7 Å². The van der Waals surface area contributed by atoms with Crippen LogP contribution in [0.3, 0.4) is 0 Å². The van der Waals surface area contributed by atoms with Crippen molar-refractivity contribution in [1.82, 2.24) is 0 Å². The number of carbonyl (C=O) groups is 1. The molecular formula is C8H13NO. The summed E-state index contributed by atoms with van der Waals surface area (Å²) in [6.07, 6.45) is 8.14. The minimum atomic E-state index is -0.135. The van der Waals surface area contributed by atoms with E-state index in [1.807, 2.05) is 0 Å². The Morgan fingerprint density at radius 3 is 2.20 bits per heavy atom. The molecule has 2 heteroatoms. The fourth-order valence-corrected chi connectivity index (χ4v) is 1.26. The predicted molar refractivity (Wildman–Crippen MR) is 40.3 cm³/mol. The lowest BCUT2D eigenvalue weighted by Gasteiger charge is -2.07. The summed E-state index contributed by atoms with van der Waals surface area (Å²) >= 11 is 0. The third-order valence-electron chi connectivity index (χ3n) is 1.93. The van der Waals surface area contributed by atoms with Crippen molar-refractivity contribution in [3.8, 4) is 0 Å². The van der Waals surface area contributed by atoms with E-state index >= 15 is 0 Å². The monoisotopic (exact) mass is 139 g/mol. The van der Waals surface area contributed by atoms with E-state index < -0.39 is 0 Å². The van der Waals surface area contributed by atoms with Crippen LogP contribution in [0.5, 0.6) is 0 Å². The molecule has 0 unspecified atom stereocenters. The zero-order valence-electron chi connectivity index (χ0n) is 6.05. The molecule has 2 nitrogen and oxygen atoms in total. The van der Waals surface area contributed by atoms with E-state index in [2.05, 4.69) is 12.2 Å². The molecule has 0 aliphatic heterocycles. The van der Waals surface area contributed by atoms with Crippen LogP contribution < -0.4 is 5.73 Å². The minimum absolute atomic E-state index is 0.120. The molecule has 0 bridgehead atoms. The highest BCUT2D eigenvalue weighted by Gasteiger charge is 2.14. The van der Waals surface area contributed by atoms with Crippen LogP contribution in [-0.4, -0.2) is 5.91 Å². The zero-order chi connectivity index (χ0) is 7.40. The summed E-state index contributed by atoms with van der Waals surface area (Å²) in [5.41, 5.74) is 5.17. The summed E-state index contributed by atoms with van der Waals surface area (Å²) in [5.74, 6) is -0.0151. The molecule has 1 aliphatic rings. The highest BCUT2D eigenvalue weighted by atomic mass is 16.1. The maximum Gasteiger partial charge on any atom is 0.220 e. The van der Waals surface area contributed by atoms with Gasteiger partial charge in [-0.15, -0.1) is 0 Å². The van der Waals surface area contributed by atoms with Gasteiger partial charge in [-0.25, -0.2) is 0 Å². The van der Waals surface area contributed by atoms with Crippen LogP contribution in [0.2, 0.25) is 0 Å². The SMILES string of the molecule is NC(=O)C1CCC=CCC1. The van der Waals surface area contributed by atoms with Gasteiger partial charge in [0, 0.05) is 5.92 Å². The second kappa shape index (κ2) is 3.40. The third kappa shape index (κ3) is 1.87. The average Bonchev–Trinajstić information content (AvgIpc) is 2.12. The highest BCUT2D eigenvalue weighted by Crippen LogP contribution is 2.17. The number of allylic oxidation sites excluding steroid dienone is 2. The molecule has 56 valence electrons. The smallest absolute Gasteiger partial charge is 0.220 e. The molecule has 10 heavy (non-hydrogen) atoms. The van der Waals surface area contributed by atoms with Crippen molar-refractivity contribution < 1.29 is 4.79 Å². The van der Waals surface area contributed by atoms with Crippen LogP contribution in [0.15, 0.2) is 12.2 Å². The topological polar surface area (TPSA) is 43.1 Å². The summed E-state index contributed by atoms with van der Waals surface area (Å²) in [4.78, 5) is 10.7. The van der Waals surface area contributed by atoms with Gasteiger partial charge in [0.1, 0.15) is 0 Å². The Hall–Kier alpha value is -0.790. The van der Waals surface area contributed by atoms with E-state index in [0.29, 0.717) is 0 Å². The van der Waals surface area contributed by atoms with Gasteiger partial charge in [-0.1, -0.05) is 12.2 Å². The Balaban J connectivity index is 2.41. The molecule has 1 rings (SSSR count). The predicted octanol–water partition coefficient (Wildman–Crippen LogP) is 1.22. The molecule has 0 spiro atoms. The Morgan fingerprint density at radius 1 is 1.30 bits per heavy atom. The Labute approximate surface area is 61.1 Å². The average molecular weight is 139 g/mol. The Kier molecular flexibility index (Phi) is 2.49. The van der Waals surface area contributed by atoms with E-state index in [9.17, 15) is 4.79 Å². The van der Waals surface area contributed by atoms with Gasteiger partial charge in [-0.2, -0.15) is 0 Å². The standard InChI is InChI=1S/C8H13NO/c9-8(10)7-5-3-1-2-4-6-7/h1-2,7H,3-6H2,(H2,9,10). The number of nitrogens with two attached hydrogens (primary N) is 1. The Morgan fingerprint density at radius 2 is 1.80 bits per heavy atom. The number of amides is 1. The van der Waals surface area contributed by atoms with Gasteiger partial charge in [-0.05, 0) is 25.7 Å². The van der Waals surface area contributed by atoms with Crippen molar-refractivity contribution in [3.63, 3.8) is 0 Å². The van der Waals surface area contributed by atoms with Crippen molar-refractivity contribution in [2.24, 2.45) is 11.7 Å². The van der Waals surface area contributed by atoms with Gasteiger partial charge in [0.15, 0.2) is 0 Å². The fourth-order valence-electron chi connectivity index (χ4n) is 1.26. The van der Waals surface area contributed by atoms with E-state index in [1.165, 1.54) is 0 Å². The molecule has 1 aliphatic carbocycles. The van der Waals surface area contributed by atoms with Crippen LogP contribution in [0, 0.1) is 5.92 Å². The van der Waals surface area contributed by atoms with E-state index in [1.54, 1.807) is 0 Å². The molecule has 0 saturated heterocycles.